The number of ether oxygens (including phenoxy) is 1. The van der Waals surface area contributed by atoms with Gasteiger partial charge in [0.1, 0.15) is 0 Å². The number of hydrogen-bond donors (Lipinski definition) is 2. The van der Waals surface area contributed by atoms with Crippen LogP contribution in [0.2, 0.25) is 0 Å². The lowest BCUT2D eigenvalue weighted by Gasteiger charge is -2.34. The normalized spacial score (nSPS) is 22.8. The molecule has 2 aromatic heterocycles. The van der Waals surface area contributed by atoms with Crippen LogP contribution in [-0.2, 0) is 17.7 Å². The van der Waals surface area contributed by atoms with E-state index in [1.165, 1.54) is 16.6 Å². The molecule has 0 spiro atoms. The Labute approximate surface area is 170 Å². The standard InChI is InChI=1S/C22H27N5O2/c1-14-11-18-20(15(2)29-14)24-25-21(18)22(28)27-9-7-26(8-10-27)13-17-12-16-5-3-4-6-19(16)23-17/h3-6,12,14-15,23H,7-11,13H2,1-2H3,(H,24,25)/t14-,15+/m1/s1. The second kappa shape index (κ2) is 7.31. The van der Waals surface area contributed by atoms with Crippen molar-refractivity contribution in [3.05, 3.63) is 53.0 Å². The van der Waals surface area contributed by atoms with E-state index in [0.717, 1.165) is 50.4 Å². The zero-order valence-electron chi connectivity index (χ0n) is 16.9. The van der Waals surface area contributed by atoms with E-state index in [4.69, 9.17) is 4.74 Å². The maximum absolute atomic E-state index is 13.1. The monoisotopic (exact) mass is 393 g/mol. The minimum atomic E-state index is -0.0454. The number of H-pyrrole nitrogens is 2. The van der Waals surface area contributed by atoms with Crippen molar-refractivity contribution in [2.45, 2.75) is 39.0 Å². The topological polar surface area (TPSA) is 77.3 Å². The number of amides is 1. The molecule has 152 valence electrons. The molecule has 3 aromatic rings. The third-order valence-corrected chi connectivity index (χ3v) is 6.08. The minimum Gasteiger partial charge on any atom is -0.369 e. The molecule has 2 atom stereocenters. The van der Waals surface area contributed by atoms with Gasteiger partial charge in [-0.25, -0.2) is 0 Å². The van der Waals surface area contributed by atoms with Crippen LogP contribution < -0.4 is 0 Å². The quantitative estimate of drug-likeness (QED) is 0.717. The molecule has 0 aliphatic carbocycles. The first-order chi connectivity index (χ1) is 14.1. The highest BCUT2D eigenvalue weighted by Crippen LogP contribution is 2.30. The molecule has 0 radical (unpaired) electrons. The van der Waals surface area contributed by atoms with Crippen molar-refractivity contribution in [1.29, 1.82) is 0 Å². The molecule has 1 aromatic carbocycles. The van der Waals surface area contributed by atoms with Crippen molar-refractivity contribution in [1.82, 2.24) is 25.0 Å². The molecule has 0 saturated carbocycles. The van der Waals surface area contributed by atoms with Gasteiger partial charge in [0.15, 0.2) is 5.69 Å². The Morgan fingerprint density at radius 1 is 1.21 bits per heavy atom. The number of fused-ring (bicyclic) bond motifs is 2. The second-order valence-electron chi connectivity index (χ2n) is 8.21. The molecule has 7 nitrogen and oxygen atoms in total. The lowest BCUT2D eigenvalue weighted by Crippen LogP contribution is -2.48. The van der Waals surface area contributed by atoms with Crippen molar-refractivity contribution in [2.75, 3.05) is 26.2 Å². The first-order valence-corrected chi connectivity index (χ1v) is 10.4. The number of nitrogens with zero attached hydrogens (tertiary/aromatic N) is 3. The molecule has 4 heterocycles. The van der Waals surface area contributed by atoms with Gasteiger partial charge in [0.05, 0.1) is 17.9 Å². The Bertz CT molecular complexity index is 998. The van der Waals surface area contributed by atoms with E-state index >= 15 is 0 Å². The first-order valence-electron chi connectivity index (χ1n) is 10.4. The fraction of sp³-hybridized carbons (Fsp3) is 0.455. The van der Waals surface area contributed by atoms with Gasteiger partial charge < -0.3 is 14.6 Å². The summed E-state index contributed by atoms with van der Waals surface area (Å²) in [7, 11) is 0. The minimum absolute atomic E-state index is 0.0362. The van der Waals surface area contributed by atoms with Crippen LogP contribution >= 0.6 is 0 Å². The van der Waals surface area contributed by atoms with Gasteiger partial charge in [-0.15, -0.1) is 0 Å². The zero-order chi connectivity index (χ0) is 20.0. The summed E-state index contributed by atoms with van der Waals surface area (Å²) >= 11 is 0. The summed E-state index contributed by atoms with van der Waals surface area (Å²) in [6.07, 6.45) is 0.795. The molecule has 5 rings (SSSR count). The zero-order valence-corrected chi connectivity index (χ0v) is 16.9. The predicted molar refractivity (Wildman–Crippen MR) is 111 cm³/mol. The molecule has 2 aliphatic rings. The molecule has 1 fully saturated rings. The number of hydrogen-bond acceptors (Lipinski definition) is 4. The van der Waals surface area contributed by atoms with Gasteiger partial charge in [-0.1, -0.05) is 18.2 Å². The average molecular weight is 393 g/mol. The highest BCUT2D eigenvalue weighted by Gasteiger charge is 2.32. The van der Waals surface area contributed by atoms with Crippen LogP contribution in [-0.4, -0.2) is 63.2 Å². The highest BCUT2D eigenvalue weighted by molar-refractivity contribution is 5.94. The Morgan fingerprint density at radius 3 is 2.79 bits per heavy atom. The molecule has 1 amide bonds. The van der Waals surface area contributed by atoms with Crippen LogP contribution in [0.4, 0.5) is 0 Å². The smallest absolute Gasteiger partial charge is 0.274 e. The van der Waals surface area contributed by atoms with Gasteiger partial charge >= 0.3 is 0 Å². The Morgan fingerprint density at radius 2 is 2.00 bits per heavy atom. The van der Waals surface area contributed by atoms with Gasteiger partial charge in [0.25, 0.3) is 5.91 Å². The maximum atomic E-state index is 13.1. The molecular formula is C22H27N5O2. The number of para-hydroxylation sites is 1. The lowest BCUT2D eigenvalue weighted by atomic mass is 9.99. The second-order valence-corrected chi connectivity index (χ2v) is 8.21. The largest absolute Gasteiger partial charge is 0.369 e. The Kier molecular flexibility index (Phi) is 4.64. The van der Waals surface area contributed by atoms with Crippen molar-refractivity contribution in [2.24, 2.45) is 0 Å². The van der Waals surface area contributed by atoms with Gasteiger partial charge in [0, 0.05) is 55.9 Å². The summed E-state index contributed by atoms with van der Waals surface area (Å²) in [6, 6.07) is 10.6. The van der Waals surface area contributed by atoms with E-state index in [9.17, 15) is 4.79 Å². The van der Waals surface area contributed by atoms with E-state index < -0.39 is 0 Å². The van der Waals surface area contributed by atoms with Crippen LogP contribution in [0.1, 0.15) is 47.4 Å². The van der Waals surface area contributed by atoms with E-state index in [-0.39, 0.29) is 18.1 Å². The van der Waals surface area contributed by atoms with Crippen molar-refractivity contribution < 1.29 is 9.53 Å². The van der Waals surface area contributed by atoms with Gasteiger partial charge in [-0.2, -0.15) is 5.10 Å². The number of carbonyl (C=O) groups is 1. The van der Waals surface area contributed by atoms with E-state index in [2.05, 4.69) is 44.3 Å². The third-order valence-electron chi connectivity index (χ3n) is 6.08. The third kappa shape index (κ3) is 3.45. The number of aromatic amines is 2. The summed E-state index contributed by atoms with van der Waals surface area (Å²) in [6.45, 7) is 8.10. The molecule has 29 heavy (non-hydrogen) atoms. The summed E-state index contributed by atoms with van der Waals surface area (Å²) in [4.78, 5) is 20.9. The van der Waals surface area contributed by atoms with E-state index in [1.54, 1.807) is 0 Å². The van der Waals surface area contributed by atoms with Gasteiger partial charge in [0.2, 0.25) is 0 Å². The summed E-state index contributed by atoms with van der Waals surface area (Å²) in [5, 5.41) is 8.63. The Balaban J connectivity index is 1.23. The molecular weight excluding hydrogens is 366 g/mol. The fourth-order valence-electron chi connectivity index (χ4n) is 4.57. The molecule has 2 N–H and O–H groups in total. The summed E-state index contributed by atoms with van der Waals surface area (Å²) in [5.74, 6) is 0.0362. The number of carbonyl (C=O) groups excluding carboxylic acids is 1. The van der Waals surface area contributed by atoms with E-state index in [1.807, 2.05) is 24.8 Å². The Hall–Kier alpha value is -2.64. The van der Waals surface area contributed by atoms with Gasteiger partial charge in [-0.3, -0.25) is 14.8 Å². The molecule has 2 aliphatic heterocycles. The molecule has 1 saturated heterocycles. The summed E-state index contributed by atoms with van der Waals surface area (Å²) in [5.41, 5.74) is 4.94. The number of nitrogens with one attached hydrogen (secondary N) is 2. The number of aromatic nitrogens is 3. The van der Waals surface area contributed by atoms with Crippen molar-refractivity contribution in [3.8, 4) is 0 Å². The highest BCUT2D eigenvalue weighted by atomic mass is 16.5. The maximum Gasteiger partial charge on any atom is 0.274 e. The first kappa shape index (κ1) is 18.4. The van der Waals surface area contributed by atoms with Crippen LogP contribution in [0.15, 0.2) is 30.3 Å². The number of rotatable bonds is 3. The van der Waals surface area contributed by atoms with Gasteiger partial charge in [-0.05, 0) is 31.4 Å². The molecule has 7 heteroatoms. The molecule has 0 unspecified atom stereocenters. The van der Waals surface area contributed by atoms with Crippen LogP contribution in [0, 0.1) is 0 Å². The van der Waals surface area contributed by atoms with Crippen molar-refractivity contribution in [3.63, 3.8) is 0 Å². The van der Waals surface area contributed by atoms with Crippen molar-refractivity contribution >= 4 is 16.8 Å². The molecule has 0 bridgehead atoms. The lowest BCUT2D eigenvalue weighted by molar-refractivity contribution is -0.00704. The predicted octanol–water partition coefficient (Wildman–Crippen LogP) is 2.87. The van der Waals surface area contributed by atoms with Crippen LogP contribution in [0.5, 0.6) is 0 Å². The number of piperazine rings is 1. The van der Waals surface area contributed by atoms with Crippen LogP contribution in [0.25, 0.3) is 10.9 Å². The summed E-state index contributed by atoms with van der Waals surface area (Å²) < 4.78 is 5.84. The number of benzene rings is 1. The fourth-order valence-corrected chi connectivity index (χ4v) is 4.57. The van der Waals surface area contributed by atoms with Crippen LogP contribution in [0.3, 0.4) is 0 Å². The van der Waals surface area contributed by atoms with E-state index in [0.29, 0.717) is 5.69 Å². The average Bonchev–Trinajstić information content (AvgIpc) is 3.31. The SMILES string of the molecule is C[C@@H]1Cc2c(C(=O)N3CCN(Cc4cc5ccccc5[nH]4)CC3)n[nH]c2[C@H](C)O1.